The minimum absolute atomic E-state index is 0.0300. The maximum atomic E-state index is 10.1. The molecule has 0 spiro atoms. The summed E-state index contributed by atoms with van der Waals surface area (Å²) in [5.41, 5.74) is 2.90. The molecule has 10 heteroatoms. The van der Waals surface area contributed by atoms with E-state index in [4.69, 9.17) is 11.6 Å². The summed E-state index contributed by atoms with van der Waals surface area (Å²) >= 11 is 6.72. The van der Waals surface area contributed by atoms with E-state index in [9.17, 15) is 10.5 Å². The number of pyridine rings is 1. The summed E-state index contributed by atoms with van der Waals surface area (Å²) in [6, 6.07) is 15.8. The highest BCUT2D eigenvalue weighted by atomic mass is 35.5. The predicted molar refractivity (Wildman–Crippen MR) is 159 cm³/mol. The molecule has 198 valence electrons. The first-order valence-electron chi connectivity index (χ1n) is 12.7. The van der Waals surface area contributed by atoms with Crippen molar-refractivity contribution in [1.29, 1.82) is 10.5 Å². The monoisotopic (exact) mass is 538 g/mol. The highest BCUT2D eigenvalue weighted by Crippen LogP contribution is 2.37. The number of anilines is 2. The third kappa shape index (κ3) is 5.69. The van der Waals surface area contributed by atoms with Gasteiger partial charge in [-0.05, 0) is 49.9 Å². The number of nitriles is 2. The third-order valence-corrected chi connectivity index (χ3v) is 6.84. The largest absolute Gasteiger partial charge is 0.383 e. The topological polar surface area (TPSA) is 115 Å². The smallest absolute Gasteiger partial charge is 0.148 e. The quantitative estimate of drug-likeness (QED) is 0.317. The SMILES string of the molecule is BC(Nc1cc(C#N)c2ncc(C#N)c(NCC(C)(C)C)c2c1)(c1cn(C(C)(C)C)nn1)c1ccccc1Cl. The van der Waals surface area contributed by atoms with Crippen LogP contribution in [0.3, 0.4) is 0 Å². The summed E-state index contributed by atoms with van der Waals surface area (Å²) in [6.45, 7) is 13.1. The standard InChI is InChI=1S/C29H32BClN8/c1-27(2,3)17-35-26-19(14-33)15-34-25-18(13-32)11-20(12-21(25)26)36-29(30,22-9-7-8-10-23(22)31)24-16-39(38-37-24)28(4,5)6/h7-12,15-16,36H,17,30H2,1-6H3,(H,34,35). The van der Waals surface area contributed by atoms with Crippen LogP contribution in [0.2, 0.25) is 5.02 Å². The Hall–Kier alpha value is -4.08. The van der Waals surface area contributed by atoms with Gasteiger partial charge in [0.25, 0.3) is 0 Å². The summed E-state index contributed by atoms with van der Waals surface area (Å²) in [4.78, 5) is 4.47. The molecule has 2 N–H and O–H groups in total. The Bertz CT molecular complexity index is 1620. The number of rotatable bonds is 6. The maximum Gasteiger partial charge on any atom is 0.148 e. The zero-order chi connectivity index (χ0) is 28.6. The van der Waals surface area contributed by atoms with E-state index in [0.717, 1.165) is 5.56 Å². The van der Waals surface area contributed by atoms with Gasteiger partial charge >= 0.3 is 0 Å². The van der Waals surface area contributed by atoms with Gasteiger partial charge in [0.2, 0.25) is 0 Å². The molecule has 8 nitrogen and oxygen atoms in total. The van der Waals surface area contributed by atoms with E-state index >= 15 is 0 Å². The molecule has 4 aromatic rings. The van der Waals surface area contributed by atoms with Crippen LogP contribution in [0.1, 0.15) is 63.9 Å². The van der Waals surface area contributed by atoms with E-state index in [1.165, 1.54) is 6.20 Å². The Kier molecular flexibility index (Phi) is 7.34. The Morgan fingerprint density at radius 3 is 2.31 bits per heavy atom. The number of hydrogen-bond donors (Lipinski definition) is 2. The third-order valence-electron chi connectivity index (χ3n) is 6.51. The highest BCUT2D eigenvalue weighted by Gasteiger charge is 2.35. The van der Waals surface area contributed by atoms with Crippen molar-refractivity contribution in [3.63, 3.8) is 0 Å². The first-order chi connectivity index (χ1) is 18.3. The van der Waals surface area contributed by atoms with E-state index in [1.807, 2.05) is 49.1 Å². The molecule has 0 saturated heterocycles. The number of nitrogens with zero attached hydrogens (tertiary/aromatic N) is 6. The van der Waals surface area contributed by atoms with Gasteiger partial charge in [0, 0.05) is 28.8 Å². The van der Waals surface area contributed by atoms with E-state index in [0.29, 0.717) is 50.7 Å². The minimum Gasteiger partial charge on any atom is -0.383 e. The van der Waals surface area contributed by atoms with Crippen molar-refractivity contribution < 1.29 is 0 Å². The summed E-state index contributed by atoms with van der Waals surface area (Å²) < 4.78 is 1.82. The summed E-state index contributed by atoms with van der Waals surface area (Å²) in [5.74, 6) is 0. The molecule has 1 atom stereocenters. The summed E-state index contributed by atoms with van der Waals surface area (Å²) in [7, 11) is 1.99. The molecular weight excluding hydrogens is 507 g/mol. The van der Waals surface area contributed by atoms with Crippen molar-refractivity contribution in [3.05, 3.63) is 76.2 Å². The van der Waals surface area contributed by atoms with E-state index in [-0.39, 0.29) is 11.0 Å². The van der Waals surface area contributed by atoms with Gasteiger partial charge in [0.15, 0.2) is 0 Å². The molecule has 1 unspecified atom stereocenters. The van der Waals surface area contributed by atoms with Crippen LogP contribution in [0.25, 0.3) is 10.9 Å². The fourth-order valence-corrected chi connectivity index (χ4v) is 4.66. The maximum absolute atomic E-state index is 10.1. The molecule has 39 heavy (non-hydrogen) atoms. The average Bonchev–Trinajstić information content (AvgIpc) is 3.38. The van der Waals surface area contributed by atoms with Gasteiger partial charge in [0.05, 0.1) is 39.5 Å². The van der Waals surface area contributed by atoms with Gasteiger partial charge in [0.1, 0.15) is 25.7 Å². The fraction of sp³-hybridized carbons (Fsp3) is 0.345. The van der Waals surface area contributed by atoms with Crippen molar-refractivity contribution in [3.8, 4) is 12.1 Å². The molecule has 0 aliphatic rings. The minimum atomic E-state index is -0.901. The van der Waals surface area contributed by atoms with Crippen molar-refractivity contribution in [2.24, 2.45) is 5.41 Å². The lowest BCUT2D eigenvalue weighted by Gasteiger charge is -2.32. The first kappa shape index (κ1) is 27.9. The van der Waals surface area contributed by atoms with Gasteiger partial charge < -0.3 is 10.6 Å². The number of halogens is 1. The molecule has 2 heterocycles. The van der Waals surface area contributed by atoms with Gasteiger partial charge in [-0.15, -0.1) is 5.10 Å². The van der Waals surface area contributed by atoms with Crippen LogP contribution in [-0.4, -0.2) is 34.4 Å². The van der Waals surface area contributed by atoms with Crippen LogP contribution in [0.4, 0.5) is 11.4 Å². The van der Waals surface area contributed by atoms with E-state index < -0.39 is 5.44 Å². The predicted octanol–water partition coefficient (Wildman–Crippen LogP) is 5.38. The molecule has 0 amide bonds. The van der Waals surface area contributed by atoms with Gasteiger partial charge in [-0.1, -0.05) is 55.8 Å². The van der Waals surface area contributed by atoms with E-state index in [2.05, 4.69) is 79.6 Å². The summed E-state index contributed by atoms with van der Waals surface area (Å²) in [6.07, 6.45) is 3.42. The Balaban J connectivity index is 1.93. The molecule has 2 aromatic heterocycles. The van der Waals surface area contributed by atoms with Crippen LogP contribution >= 0.6 is 11.6 Å². The molecule has 0 bridgehead atoms. The Morgan fingerprint density at radius 1 is 1.03 bits per heavy atom. The van der Waals surface area contributed by atoms with Crippen molar-refractivity contribution in [2.75, 3.05) is 17.2 Å². The molecule has 0 fully saturated rings. The van der Waals surface area contributed by atoms with Crippen molar-refractivity contribution >= 4 is 41.7 Å². The number of nitrogens with one attached hydrogen (secondary N) is 2. The zero-order valence-electron chi connectivity index (χ0n) is 23.4. The second kappa shape index (κ2) is 10.2. The second-order valence-corrected chi connectivity index (χ2v) is 12.5. The van der Waals surface area contributed by atoms with Gasteiger partial charge in [-0.3, -0.25) is 4.98 Å². The van der Waals surface area contributed by atoms with E-state index in [1.54, 1.807) is 6.07 Å². The number of benzene rings is 2. The molecule has 2 aromatic carbocycles. The van der Waals surface area contributed by atoms with Gasteiger partial charge in [-0.2, -0.15) is 10.5 Å². The normalized spacial score (nSPS) is 13.4. The lowest BCUT2D eigenvalue weighted by Crippen LogP contribution is -2.38. The fourth-order valence-electron chi connectivity index (χ4n) is 4.33. The Morgan fingerprint density at radius 2 is 1.72 bits per heavy atom. The van der Waals surface area contributed by atoms with Crippen LogP contribution in [0, 0.1) is 28.1 Å². The van der Waals surface area contributed by atoms with Crippen LogP contribution in [0.5, 0.6) is 0 Å². The number of aromatic nitrogens is 4. The number of hydrogen-bond acceptors (Lipinski definition) is 7. The molecular formula is C29H32BClN8. The summed E-state index contributed by atoms with van der Waals surface area (Å²) in [5, 5.41) is 37.1. The first-order valence-corrected chi connectivity index (χ1v) is 13.1. The lowest BCUT2D eigenvalue weighted by molar-refractivity contribution is 0.347. The van der Waals surface area contributed by atoms with Crippen molar-refractivity contribution in [2.45, 2.75) is 52.5 Å². The van der Waals surface area contributed by atoms with Crippen LogP contribution < -0.4 is 10.6 Å². The van der Waals surface area contributed by atoms with Crippen LogP contribution in [0.15, 0.2) is 48.8 Å². The molecule has 0 aliphatic carbocycles. The zero-order valence-corrected chi connectivity index (χ0v) is 24.1. The molecule has 0 saturated carbocycles. The number of fused-ring (bicyclic) bond motifs is 1. The van der Waals surface area contributed by atoms with Gasteiger partial charge in [-0.25, -0.2) is 4.68 Å². The second-order valence-electron chi connectivity index (χ2n) is 12.1. The molecule has 4 rings (SSSR count). The van der Waals surface area contributed by atoms with Crippen molar-refractivity contribution in [1.82, 2.24) is 20.0 Å². The average molecular weight is 539 g/mol. The molecule has 0 radical (unpaired) electrons. The lowest BCUT2D eigenvalue weighted by atomic mass is 9.69. The van der Waals surface area contributed by atoms with Crippen LogP contribution in [-0.2, 0) is 11.0 Å². The highest BCUT2D eigenvalue weighted by molar-refractivity contribution is 6.33. The Labute approximate surface area is 235 Å². The molecule has 0 aliphatic heterocycles.